The molecule has 5 rings (SSSR count). The molecule has 0 unspecified atom stereocenters. The van der Waals surface area contributed by atoms with Gasteiger partial charge in [0.05, 0.1) is 4.90 Å². The van der Waals surface area contributed by atoms with Gasteiger partial charge in [-0.2, -0.15) is 0 Å². The molecule has 33 heavy (non-hydrogen) atoms. The smallest absolute Gasteiger partial charge is 0.426 e. The summed E-state index contributed by atoms with van der Waals surface area (Å²) in [5.74, 6) is 0.935. The summed E-state index contributed by atoms with van der Waals surface area (Å²) >= 11 is 0. The van der Waals surface area contributed by atoms with Crippen LogP contribution < -0.4 is 9.05 Å². The lowest BCUT2D eigenvalue weighted by atomic mass is 10.1. The molecule has 0 atom stereocenters. The molecule has 0 fully saturated rings. The first kappa shape index (κ1) is 21.4. The minimum absolute atomic E-state index is 0.166. The molecule has 0 aliphatic carbocycles. The van der Waals surface area contributed by atoms with E-state index in [1.165, 1.54) is 0 Å². The molecule has 0 N–H and O–H groups in total. The zero-order chi connectivity index (χ0) is 22.8. The zero-order valence-corrected chi connectivity index (χ0v) is 19.6. The first-order chi connectivity index (χ1) is 16.0. The van der Waals surface area contributed by atoms with Crippen molar-refractivity contribution < 1.29 is 17.5 Å². The van der Waals surface area contributed by atoms with Gasteiger partial charge in [-0.05, 0) is 42.0 Å². The van der Waals surface area contributed by atoms with Crippen LogP contribution in [0.4, 0.5) is 0 Å². The van der Waals surface area contributed by atoms with Gasteiger partial charge in [0.1, 0.15) is 11.5 Å². The summed E-state index contributed by atoms with van der Waals surface area (Å²) in [5, 5.41) is 3.58. The first-order valence-electron chi connectivity index (χ1n) is 10.5. The Kier molecular flexibility index (Phi) is 5.76. The number of benzene rings is 5. The summed E-state index contributed by atoms with van der Waals surface area (Å²) in [6.07, 6.45) is 0. The summed E-state index contributed by atoms with van der Waals surface area (Å²) in [4.78, 5) is 0.166. The van der Waals surface area contributed by atoms with Gasteiger partial charge in [-0.1, -0.05) is 90.5 Å². The lowest BCUT2D eigenvalue weighted by Gasteiger charge is -2.20. The van der Waals surface area contributed by atoms with Crippen LogP contribution >= 0.6 is 7.58 Å². The van der Waals surface area contributed by atoms with Crippen molar-refractivity contribution in [3.8, 4) is 11.5 Å². The highest BCUT2D eigenvalue weighted by Crippen LogP contribution is 2.51. The van der Waals surface area contributed by atoms with Crippen LogP contribution in [0.1, 0.15) is 5.56 Å². The standard InChI is InChI=1S/C27H21O4PS/c1-20-16-18-23(19-17-20)33(28,29)32(30-26-14-6-10-21-8-2-4-12-24(21)26)31-27-15-7-11-22-9-3-5-13-25(22)27/h2-19H,1H3. The second-order valence-corrected chi connectivity index (χ2v) is 12.2. The summed E-state index contributed by atoms with van der Waals surface area (Å²) < 4.78 is 39.8. The molecule has 0 bridgehead atoms. The quantitative estimate of drug-likeness (QED) is 0.241. The Morgan fingerprint density at radius 1 is 0.576 bits per heavy atom. The highest BCUT2D eigenvalue weighted by molar-refractivity contribution is 8.47. The largest absolute Gasteiger partial charge is 0.427 e. The normalized spacial score (nSPS) is 11.7. The van der Waals surface area contributed by atoms with E-state index < -0.39 is 17.0 Å². The van der Waals surface area contributed by atoms with Crippen LogP contribution in [0.25, 0.3) is 21.5 Å². The molecule has 4 nitrogen and oxygen atoms in total. The van der Waals surface area contributed by atoms with Crippen LogP contribution in [0, 0.1) is 6.92 Å². The van der Waals surface area contributed by atoms with Crippen LogP contribution in [0.5, 0.6) is 11.5 Å². The third-order valence-electron chi connectivity index (χ3n) is 5.36. The maximum atomic E-state index is 13.7. The summed E-state index contributed by atoms with van der Waals surface area (Å²) in [6.45, 7) is 1.92. The lowest BCUT2D eigenvalue weighted by Crippen LogP contribution is -2.08. The Bertz CT molecular complexity index is 1450. The van der Waals surface area contributed by atoms with E-state index in [9.17, 15) is 8.42 Å². The molecule has 164 valence electrons. The number of fused-ring (bicyclic) bond motifs is 2. The van der Waals surface area contributed by atoms with Crippen LogP contribution in [0.3, 0.4) is 0 Å². The molecular formula is C27H21O4PS. The van der Waals surface area contributed by atoms with Gasteiger partial charge in [0.2, 0.25) is 0 Å². The number of aryl methyl sites for hydroxylation is 1. The van der Waals surface area contributed by atoms with Crippen molar-refractivity contribution in [3.63, 3.8) is 0 Å². The Labute approximate surface area is 194 Å². The van der Waals surface area contributed by atoms with E-state index in [1.807, 2.05) is 79.7 Å². The molecule has 0 amide bonds. The van der Waals surface area contributed by atoms with Gasteiger partial charge in [0, 0.05) is 10.8 Å². The van der Waals surface area contributed by atoms with Gasteiger partial charge < -0.3 is 9.05 Å². The average molecular weight is 473 g/mol. The van der Waals surface area contributed by atoms with E-state index in [1.54, 1.807) is 36.4 Å². The third kappa shape index (κ3) is 4.30. The molecule has 0 aromatic heterocycles. The third-order valence-corrected chi connectivity index (χ3v) is 9.57. The predicted octanol–water partition coefficient (Wildman–Crippen LogP) is 7.46. The molecule has 5 aromatic rings. The first-order valence-corrected chi connectivity index (χ1v) is 13.7. The summed E-state index contributed by atoms with van der Waals surface area (Å²) in [6, 6.07) is 33.3. The molecule has 0 saturated heterocycles. The lowest BCUT2D eigenvalue weighted by molar-refractivity contribution is 0.505. The number of hydrogen-bond acceptors (Lipinski definition) is 4. The molecule has 5 aromatic carbocycles. The zero-order valence-electron chi connectivity index (χ0n) is 17.9. The number of hydrogen-bond donors (Lipinski definition) is 0. The van der Waals surface area contributed by atoms with E-state index in [4.69, 9.17) is 9.05 Å². The van der Waals surface area contributed by atoms with E-state index in [-0.39, 0.29) is 4.90 Å². The van der Waals surface area contributed by atoms with Gasteiger partial charge in [-0.15, -0.1) is 0 Å². The molecule has 0 aliphatic rings. The van der Waals surface area contributed by atoms with Crippen molar-refractivity contribution in [3.05, 3.63) is 115 Å². The van der Waals surface area contributed by atoms with Crippen LogP contribution in [0.2, 0.25) is 0 Å². The molecule has 0 heterocycles. The van der Waals surface area contributed by atoms with Gasteiger partial charge in [0.15, 0.2) is 0 Å². The van der Waals surface area contributed by atoms with Gasteiger partial charge >= 0.3 is 7.58 Å². The van der Waals surface area contributed by atoms with Gasteiger partial charge in [-0.3, -0.25) is 0 Å². The van der Waals surface area contributed by atoms with Crippen molar-refractivity contribution in [2.24, 2.45) is 0 Å². The summed E-state index contributed by atoms with van der Waals surface area (Å²) in [7, 11) is -6.35. The second kappa shape index (κ2) is 8.86. The predicted molar refractivity (Wildman–Crippen MR) is 134 cm³/mol. The molecule has 0 spiro atoms. The maximum Gasteiger partial charge on any atom is 0.426 e. The Morgan fingerprint density at radius 2 is 1.03 bits per heavy atom. The Hall–Kier alpha value is -3.40. The maximum absolute atomic E-state index is 13.7. The van der Waals surface area contributed by atoms with E-state index in [2.05, 4.69) is 0 Å². The van der Waals surface area contributed by atoms with Crippen LogP contribution in [-0.2, 0) is 9.46 Å². The van der Waals surface area contributed by atoms with Crippen molar-refractivity contribution in [2.75, 3.05) is 0 Å². The highest BCUT2D eigenvalue weighted by Gasteiger charge is 2.35. The Balaban J connectivity index is 1.62. The van der Waals surface area contributed by atoms with Crippen molar-refractivity contribution in [1.82, 2.24) is 0 Å². The Morgan fingerprint density at radius 3 is 1.55 bits per heavy atom. The van der Waals surface area contributed by atoms with Gasteiger partial charge in [-0.25, -0.2) is 8.42 Å². The minimum Gasteiger partial charge on any atom is -0.427 e. The SMILES string of the molecule is Cc1ccc(S(=O)(=O)P(Oc2cccc3ccccc23)Oc2cccc3ccccc23)cc1. The van der Waals surface area contributed by atoms with E-state index in [0.29, 0.717) is 11.5 Å². The van der Waals surface area contributed by atoms with Gasteiger partial charge in [0.25, 0.3) is 9.46 Å². The minimum atomic E-state index is -3.93. The van der Waals surface area contributed by atoms with Crippen LogP contribution in [0.15, 0.2) is 114 Å². The highest BCUT2D eigenvalue weighted by atomic mass is 32.8. The molecular weight excluding hydrogens is 451 g/mol. The molecule has 6 heteroatoms. The fourth-order valence-corrected chi connectivity index (χ4v) is 7.10. The molecule has 0 radical (unpaired) electrons. The van der Waals surface area contributed by atoms with Crippen molar-refractivity contribution in [1.29, 1.82) is 0 Å². The van der Waals surface area contributed by atoms with Crippen molar-refractivity contribution in [2.45, 2.75) is 11.8 Å². The van der Waals surface area contributed by atoms with E-state index >= 15 is 0 Å². The topological polar surface area (TPSA) is 52.6 Å². The number of rotatable bonds is 6. The van der Waals surface area contributed by atoms with E-state index in [0.717, 1.165) is 27.1 Å². The fourth-order valence-electron chi connectivity index (χ4n) is 3.62. The van der Waals surface area contributed by atoms with Crippen LogP contribution in [-0.4, -0.2) is 8.42 Å². The fraction of sp³-hybridized carbons (Fsp3) is 0.0370. The summed E-state index contributed by atoms with van der Waals surface area (Å²) in [5.41, 5.74) is 0.975. The monoisotopic (exact) mass is 472 g/mol. The average Bonchev–Trinajstić information content (AvgIpc) is 2.84. The molecule has 0 aliphatic heterocycles. The van der Waals surface area contributed by atoms with Crippen molar-refractivity contribution >= 4 is 38.6 Å². The molecule has 0 saturated carbocycles. The second-order valence-electron chi connectivity index (χ2n) is 7.65.